The summed E-state index contributed by atoms with van der Waals surface area (Å²) in [5, 5.41) is 8.26. The molecule has 0 aliphatic carbocycles. The van der Waals surface area contributed by atoms with E-state index < -0.39 is 0 Å². The third-order valence-electron chi connectivity index (χ3n) is 3.78. The fourth-order valence-electron chi connectivity index (χ4n) is 2.55. The summed E-state index contributed by atoms with van der Waals surface area (Å²) in [4.78, 5) is 12.3. The molecule has 100 valence electrons. The van der Waals surface area contributed by atoms with Gasteiger partial charge in [-0.3, -0.25) is 9.48 Å². The average Bonchev–Trinajstić information content (AvgIpc) is 2.87. The SMILES string of the molecule is CCc1nn(C)c(CC(=O)C2CNCC2C)c1Cl. The molecule has 0 saturated carbocycles. The summed E-state index contributed by atoms with van der Waals surface area (Å²) in [7, 11) is 1.85. The lowest BCUT2D eigenvalue weighted by Gasteiger charge is -2.12. The zero-order valence-electron chi connectivity index (χ0n) is 11.2. The van der Waals surface area contributed by atoms with E-state index in [4.69, 9.17) is 11.6 Å². The van der Waals surface area contributed by atoms with Gasteiger partial charge in [0.05, 0.1) is 22.8 Å². The van der Waals surface area contributed by atoms with Gasteiger partial charge >= 0.3 is 0 Å². The highest BCUT2D eigenvalue weighted by Gasteiger charge is 2.30. The van der Waals surface area contributed by atoms with E-state index in [1.807, 2.05) is 14.0 Å². The smallest absolute Gasteiger partial charge is 0.143 e. The van der Waals surface area contributed by atoms with E-state index in [1.54, 1.807) is 4.68 Å². The maximum absolute atomic E-state index is 12.3. The van der Waals surface area contributed by atoms with Gasteiger partial charge in [0.15, 0.2) is 0 Å². The van der Waals surface area contributed by atoms with Crippen molar-refractivity contribution in [1.29, 1.82) is 0 Å². The Bertz CT molecular complexity index is 455. The summed E-state index contributed by atoms with van der Waals surface area (Å²) in [6.45, 7) is 5.85. The van der Waals surface area contributed by atoms with E-state index in [-0.39, 0.29) is 11.7 Å². The van der Waals surface area contributed by atoms with E-state index >= 15 is 0 Å². The van der Waals surface area contributed by atoms with Crippen LogP contribution >= 0.6 is 11.6 Å². The molecule has 0 spiro atoms. The summed E-state index contributed by atoms with van der Waals surface area (Å²) in [6.07, 6.45) is 1.18. The first-order valence-electron chi connectivity index (χ1n) is 6.48. The summed E-state index contributed by atoms with van der Waals surface area (Å²) in [5.74, 6) is 0.788. The highest BCUT2D eigenvalue weighted by molar-refractivity contribution is 6.32. The minimum atomic E-state index is 0.112. The van der Waals surface area contributed by atoms with E-state index in [9.17, 15) is 4.79 Å². The van der Waals surface area contributed by atoms with Gasteiger partial charge in [-0.15, -0.1) is 0 Å². The van der Waals surface area contributed by atoms with Crippen molar-refractivity contribution >= 4 is 17.4 Å². The first kappa shape index (κ1) is 13.6. The van der Waals surface area contributed by atoms with Crippen LogP contribution in [-0.4, -0.2) is 28.7 Å². The van der Waals surface area contributed by atoms with Crippen molar-refractivity contribution in [3.8, 4) is 0 Å². The summed E-state index contributed by atoms with van der Waals surface area (Å²) >= 11 is 6.27. The number of halogens is 1. The molecule has 0 amide bonds. The number of carbonyl (C=O) groups excluding carboxylic acids is 1. The maximum atomic E-state index is 12.3. The molecule has 1 aromatic heterocycles. The van der Waals surface area contributed by atoms with Crippen molar-refractivity contribution in [3.05, 3.63) is 16.4 Å². The molecule has 0 bridgehead atoms. The summed E-state index contributed by atoms with van der Waals surface area (Å²) in [6, 6.07) is 0. The van der Waals surface area contributed by atoms with E-state index in [1.165, 1.54) is 0 Å². The van der Waals surface area contributed by atoms with E-state index in [0.29, 0.717) is 17.4 Å². The van der Waals surface area contributed by atoms with Crippen molar-refractivity contribution in [1.82, 2.24) is 15.1 Å². The van der Waals surface area contributed by atoms with Gasteiger partial charge < -0.3 is 5.32 Å². The normalized spacial score (nSPS) is 23.6. The molecule has 0 aromatic carbocycles. The average molecular weight is 270 g/mol. The van der Waals surface area contributed by atoms with Gasteiger partial charge in [-0.2, -0.15) is 5.10 Å². The number of aryl methyl sites for hydroxylation is 2. The fraction of sp³-hybridized carbons (Fsp3) is 0.692. The molecule has 1 aliphatic rings. The van der Waals surface area contributed by atoms with Gasteiger partial charge in [0, 0.05) is 19.5 Å². The third kappa shape index (κ3) is 2.45. The Labute approximate surface area is 113 Å². The van der Waals surface area contributed by atoms with Crippen LogP contribution < -0.4 is 5.32 Å². The molecule has 1 N–H and O–H groups in total. The van der Waals surface area contributed by atoms with Crippen LogP contribution in [0.1, 0.15) is 25.2 Å². The zero-order valence-corrected chi connectivity index (χ0v) is 11.9. The monoisotopic (exact) mass is 269 g/mol. The van der Waals surface area contributed by atoms with Gasteiger partial charge in [-0.1, -0.05) is 25.4 Å². The number of nitrogens with zero attached hydrogens (tertiary/aromatic N) is 2. The minimum absolute atomic E-state index is 0.112. The Morgan fingerprint density at radius 2 is 2.28 bits per heavy atom. The van der Waals surface area contributed by atoms with Crippen LogP contribution in [0.2, 0.25) is 5.02 Å². The maximum Gasteiger partial charge on any atom is 0.143 e. The Kier molecular flexibility index (Phi) is 4.07. The van der Waals surface area contributed by atoms with Gasteiger partial charge in [0.1, 0.15) is 5.78 Å². The molecule has 2 atom stereocenters. The molecule has 2 unspecified atom stereocenters. The molecule has 5 heteroatoms. The number of hydrogen-bond acceptors (Lipinski definition) is 3. The Hall–Kier alpha value is -0.870. The van der Waals surface area contributed by atoms with Gasteiger partial charge in [-0.25, -0.2) is 0 Å². The molecule has 18 heavy (non-hydrogen) atoms. The molecular formula is C13H20ClN3O. The van der Waals surface area contributed by atoms with Crippen LogP contribution in [0.15, 0.2) is 0 Å². The predicted molar refractivity (Wildman–Crippen MR) is 71.8 cm³/mol. The van der Waals surface area contributed by atoms with Crippen LogP contribution in [0.4, 0.5) is 0 Å². The van der Waals surface area contributed by atoms with Crippen molar-refractivity contribution in [3.63, 3.8) is 0 Å². The number of carbonyl (C=O) groups is 1. The Balaban J connectivity index is 2.14. The summed E-state index contributed by atoms with van der Waals surface area (Å²) in [5.41, 5.74) is 1.72. The standard InChI is InChI=1S/C13H20ClN3O/c1-4-10-13(14)11(17(3)16-10)5-12(18)9-7-15-6-8(9)2/h8-9,15H,4-7H2,1-3H3. The first-order valence-corrected chi connectivity index (χ1v) is 6.86. The number of ketones is 1. The Morgan fingerprint density at radius 3 is 2.78 bits per heavy atom. The molecule has 0 radical (unpaired) electrons. The number of aromatic nitrogens is 2. The van der Waals surface area contributed by atoms with E-state index in [0.717, 1.165) is 30.9 Å². The van der Waals surface area contributed by atoms with Gasteiger partial charge in [-0.05, 0) is 18.9 Å². The minimum Gasteiger partial charge on any atom is -0.316 e. The lowest BCUT2D eigenvalue weighted by Crippen LogP contribution is -2.24. The topological polar surface area (TPSA) is 46.9 Å². The van der Waals surface area contributed by atoms with Crippen LogP contribution in [-0.2, 0) is 24.7 Å². The van der Waals surface area contributed by atoms with Gasteiger partial charge in [0.2, 0.25) is 0 Å². The second-order valence-corrected chi connectivity index (χ2v) is 5.45. The fourth-order valence-corrected chi connectivity index (χ4v) is 2.91. The number of rotatable bonds is 4. The van der Waals surface area contributed by atoms with Crippen LogP contribution in [0, 0.1) is 11.8 Å². The van der Waals surface area contributed by atoms with E-state index in [2.05, 4.69) is 17.3 Å². The lowest BCUT2D eigenvalue weighted by atomic mass is 9.91. The van der Waals surface area contributed by atoms with Crippen LogP contribution in [0.25, 0.3) is 0 Å². The third-order valence-corrected chi connectivity index (χ3v) is 4.21. The highest BCUT2D eigenvalue weighted by atomic mass is 35.5. The molecule has 1 aromatic rings. The second kappa shape index (κ2) is 5.41. The first-order chi connectivity index (χ1) is 8.54. The van der Waals surface area contributed by atoms with Crippen LogP contribution in [0.5, 0.6) is 0 Å². The highest BCUT2D eigenvalue weighted by Crippen LogP contribution is 2.24. The number of nitrogens with one attached hydrogen (secondary N) is 1. The zero-order chi connectivity index (χ0) is 13.3. The van der Waals surface area contributed by atoms with Crippen molar-refractivity contribution in [2.75, 3.05) is 13.1 Å². The second-order valence-electron chi connectivity index (χ2n) is 5.07. The van der Waals surface area contributed by atoms with Gasteiger partial charge in [0.25, 0.3) is 0 Å². The predicted octanol–water partition coefficient (Wildman–Crippen LogP) is 1.60. The van der Waals surface area contributed by atoms with Crippen LogP contribution in [0.3, 0.4) is 0 Å². The summed E-state index contributed by atoms with van der Waals surface area (Å²) < 4.78 is 1.74. The Morgan fingerprint density at radius 1 is 1.56 bits per heavy atom. The van der Waals surface area contributed by atoms with Crippen molar-refractivity contribution < 1.29 is 4.79 Å². The molecule has 2 heterocycles. The number of hydrogen-bond donors (Lipinski definition) is 1. The molecule has 4 nitrogen and oxygen atoms in total. The molecule has 1 saturated heterocycles. The molecule has 1 aliphatic heterocycles. The lowest BCUT2D eigenvalue weighted by molar-refractivity contribution is -0.122. The molecule has 2 rings (SSSR count). The molecular weight excluding hydrogens is 250 g/mol. The largest absolute Gasteiger partial charge is 0.316 e. The van der Waals surface area contributed by atoms with Crippen molar-refractivity contribution in [2.45, 2.75) is 26.7 Å². The quantitative estimate of drug-likeness (QED) is 0.903. The van der Waals surface area contributed by atoms with Crippen molar-refractivity contribution in [2.24, 2.45) is 18.9 Å². The molecule has 1 fully saturated rings. The number of Topliss-reactive ketones (excluding diaryl/α,β-unsaturated/α-hetero) is 1.